The molecule has 1 saturated heterocycles. The maximum atomic E-state index is 12.2. The molecule has 124 valence electrons. The molecule has 2 heterocycles. The highest BCUT2D eigenvalue weighted by atomic mass is 35.5. The molecule has 1 amide bonds. The number of halogens is 1. The first kappa shape index (κ1) is 17.5. The molecule has 5 nitrogen and oxygen atoms in total. The molecule has 1 aromatic carbocycles. The molecule has 1 aliphatic heterocycles. The lowest BCUT2D eigenvalue weighted by molar-refractivity contribution is 0.0944. The fraction of sp³-hybridized carbons (Fsp3) is 0.412. The zero-order valence-corrected chi connectivity index (χ0v) is 14.1. The summed E-state index contributed by atoms with van der Waals surface area (Å²) in [5, 5.41) is 10.7. The minimum Gasteiger partial charge on any atom is -0.347 e. The van der Waals surface area contributed by atoms with Crippen LogP contribution in [0.2, 0.25) is 0 Å². The third-order valence-electron chi connectivity index (χ3n) is 4.06. The Bertz CT molecular complexity index is 632. The van der Waals surface area contributed by atoms with Crippen LogP contribution < -0.4 is 10.6 Å². The SMILES string of the molecule is Cc1ccc(CNC(=O)c2ccn(C3CCCNC3)n2)cc1.Cl. The first-order chi connectivity index (χ1) is 10.7. The van der Waals surface area contributed by atoms with Crippen molar-refractivity contribution in [2.45, 2.75) is 32.4 Å². The quantitative estimate of drug-likeness (QED) is 0.903. The van der Waals surface area contributed by atoms with E-state index in [4.69, 9.17) is 0 Å². The van der Waals surface area contributed by atoms with Crippen molar-refractivity contribution in [1.82, 2.24) is 20.4 Å². The van der Waals surface area contributed by atoms with Gasteiger partial charge < -0.3 is 10.6 Å². The lowest BCUT2D eigenvalue weighted by Gasteiger charge is -2.22. The number of benzene rings is 1. The standard InChI is InChI=1S/C17H22N4O.ClH/c1-13-4-6-14(7-5-13)11-19-17(22)16-8-10-21(20-16)15-3-2-9-18-12-15;/h4-8,10,15,18H,2-3,9,11-12H2,1H3,(H,19,22);1H. The molecule has 0 bridgehead atoms. The van der Waals surface area contributed by atoms with Gasteiger partial charge in [-0.3, -0.25) is 9.48 Å². The van der Waals surface area contributed by atoms with Crippen molar-refractivity contribution in [2.75, 3.05) is 13.1 Å². The maximum absolute atomic E-state index is 12.2. The van der Waals surface area contributed by atoms with E-state index in [0.29, 0.717) is 18.3 Å². The highest BCUT2D eigenvalue weighted by Gasteiger charge is 2.17. The lowest BCUT2D eigenvalue weighted by Crippen LogP contribution is -2.32. The summed E-state index contributed by atoms with van der Waals surface area (Å²) in [6, 6.07) is 10.3. The highest BCUT2D eigenvalue weighted by Crippen LogP contribution is 2.15. The normalized spacial score (nSPS) is 17.3. The van der Waals surface area contributed by atoms with Crippen LogP contribution in [0.5, 0.6) is 0 Å². The van der Waals surface area contributed by atoms with Gasteiger partial charge in [0.1, 0.15) is 5.69 Å². The number of piperidine rings is 1. The van der Waals surface area contributed by atoms with E-state index in [1.54, 1.807) is 6.07 Å². The van der Waals surface area contributed by atoms with Crippen LogP contribution in [-0.2, 0) is 6.54 Å². The van der Waals surface area contributed by atoms with Crippen LogP contribution in [0.4, 0.5) is 0 Å². The van der Waals surface area contributed by atoms with Gasteiger partial charge in [0.05, 0.1) is 6.04 Å². The lowest BCUT2D eigenvalue weighted by atomic mass is 10.1. The minimum absolute atomic E-state index is 0. The van der Waals surface area contributed by atoms with Crippen LogP contribution >= 0.6 is 12.4 Å². The average Bonchev–Trinajstić information content (AvgIpc) is 3.05. The Morgan fingerprint density at radius 2 is 2.13 bits per heavy atom. The van der Waals surface area contributed by atoms with Gasteiger partial charge in [-0.25, -0.2) is 0 Å². The number of nitrogens with one attached hydrogen (secondary N) is 2. The molecule has 23 heavy (non-hydrogen) atoms. The summed E-state index contributed by atoms with van der Waals surface area (Å²) in [5.41, 5.74) is 2.79. The minimum atomic E-state index is -0.122. The second kappa shape index (κ2) is 8.13. The molecular formula is C17H23ClN4O. The van der Waals surface area contributed by atoms with E-state index >= 15 is 0 Å². The number of aromatic nitrogens is 2. The van der Waals surface area contributed by atoms with Gasteiger partial charge in [0, 0.05) is 19.3 Å². The molecule has 1 aliphatic rings. The van der Waals surface area contributed by atoms with E-state index in [2.05, 4.69) is 22.7 Å². The van der Waals surface area contributed by atoms with Gasteiger partial charge >= 0.3 is 0 Å². The van der Waals surface area contributed by atoms with Crippen molar-refractivity contribution >= 4 is 18.3 Å². The molecule has 1 aromatic heterocycles. The second-order valence-electron chi connectivity index (χ2n) is 5.85. The van der Waals surface area contributed by atoms with Crippen molar-refractivity contribution < 1.29 is 4.79 Å². The molecule has 0 aliphatic carbocycles. The van der Waals surface area contributed by atoms with Gasteiger partial charge in [-0.15, -0.1) is 12.4 Å². The maximum Gasteiger partial charge on any atom is 0.272 e. The number of hydrogen-bond donors (Lipinski definition) is 2. The van der Waals surface area contributed by atoms with Crippen molar-refractivity contribution in [3.05, 3.63) is 53.3 Å². The van der Waals surface area contributed by atoms with Gasteiger partial charge in [-0.2, -0.15) is 5.10 Å². The molecule has 0 radical (unpaired) electrons. The Morgan fingerprint density at radius 1 is 1.35 bits per heavy atom. The smallest absolute Gasteiger partial charge is 0.272 e. The van der Waals surface area contributed by atoms with Gasteiger partial charge in [0.15, 0.2) is 0 Å². The summed E-state index contributed by atoms with van der Waals surface area (Å²) < 4.78 is 1.91. The van der Waals surface area contributed by atoms with E-state index in [0.717, 1.165) is 31.5 Å². The number of rotatable bonds is 4. The predicted molar refractivity (Wildman–Crippen MR) is 93.0 cm³/mol. The van der Waals surface area contributed by atoms with Gasteiger partial charge in [-0.05, 0) is 37.9 Å². The molecule has 2 N–H and O–H groups in total. The summed E-state index contributed by atoms with van der Waals surface area (Å²) in [5.74, 6) is -0.122. The number of nitrogens with zero attached hydrogens (tertiary/aromatic N) is 2. The first-order valence-corrected chi connectivity index (χ1v) is 7.82. The van der Waals surface area contributed by atoms with E-state index in [1.807, 2.05) is 35.1 Å². The topological polar surface area (TPSA) is 59.0 Å². The number of carbonyl (C=O) groups excluding carboxylic acids is 1. The molecule has 1 unspecified atom stereocenters. The molecule has 3 rings (SSSR count). The average molecular weight is 335 g/mol. The molecule has 0 saturated carbocycles. The van der Waals surface area contributed by atoms with Crippen LogP contribution in [0.15, 0.2) is 36.5 Å². The zero-order valence-electron chi connectivity index (χ0n) is 13.3. The Hall–Kier alpha value is -1.85. The second-order valence-corrected chi connectivity index (χ2v) is 5.85. The van der Waals surface area contributed by atoms with Crippen molar-refractivity contribution in [1.29, 1.82) is 0 Å². The fourth-order valence-electron chi connectivity index (χ4n) is 2.70. The molecule has 1 fully saturated rings. The third kappa shape index (κ3) is 4.56. The molecule has 2 aromatic rings. The van der Waals surface area contributed by atoms with Gasteiger partial charge in [0.2, 0.25) is 0 Å². The van der Waals surface area contributed by atoms with E-state index in [-0.39, 0.29) is 18.3 Å². The zero-order chi connectivity index (χ0) is 15.4. The molecule has 6 heteroatoms. The van der Waals surface area contributed by atoms with Gasteiger partial charge in [-0.1, -0.05) is 29.8 Å². The Kier molecular flexibility index (Phi) is 6.19. The van der Waals surface area contributed by atoms with E-state index in [9.17, 15) is 4.79 Å². The number of hydrogen-bond acceptors (Lipinski definition) is 3. The van der Waals surface area contributed by atoms with Crippen LogP contribution in [0.3, 0.4) is 0 Å². The summed E-state index contributed by atoms with van der Waals surface area (Å²) in [7, 11) is 0. The largest absolute Gasteiger partial charge is 0.347 e. The highest BCUT2D eigenvalue weighted by molar-refractivity contribution is 5.92. The predicted octanol–water partition coefficient (Wildman–Crippen LogP) is 2.47. The summed E-state index contributed by atoms with van der Waals surface area (Å²) in [6.45, 7) is 4.57. The molecular weight excluding hydrogens is 312 g/mol. The number of carbonyl (C=O) groups is 1. The van der Waals surface area contributed by atoms with Crippen LogP contribution in [0.1, 0.15) is 40.5 Å². The summed E-state index contributed by atoms with van der Waals surface area (Å²) in [4.78, 5) is 12.2. The van der Waals surface area contributed by atoms with Crippen molar-refractivity contribution in [3.63, 3.8) is 0 Å². The third-order valence-corrected chi connectivity index (χ3v) is 4.06. The van der Waals surface area contributed by atoms with Crippen molar-refractivity contribution in [2.24, 2.45) is 0 Å². The first-order valence-electron chi connectivity index (χ1n) is 7.82. The fourth-order valence-corrected chi connectivity index (χ4v) is 2.70. The monoisotopic (exact) mass is 334 g/mol. The van der Waals surface area contributed by atoms with E-state index < -0.39 is 0 Å². The Balaban J connectivity index is 0.00000192. The number of aryl methyl sites for hydroxylation is 1. The number of amides is 1. The van der Waals surface area contributed by atoms with Gasteiger partial charge in [0.25, 0.3) is 5.91 Å². The van der Waals surface area contributed by atoms with E-state index in [1.165, 1.54) is 5.56 Å². The Labute approximate surface area is 142 Å². The molecule has 0 spiro atoms. The van der Waals surface area contributed by atoms with Crippen LogP contribution in [0, 0.1) is 6.92 Å². The Morgan fingerprint density at radius 3 is 2.83 bits per heavy atom. The van der Waals surface area contributed by atoms with Crippen molar-refractivity contribution in [3.8, 4) is 0 Å². The van der Waals surface area contributed by atoms with Crippen LogP contribution in [-0.4, -0.2) is 28.8 Å². The van der Waals surface area contributed by atoms with Crippen LogP contribution in [0.25, 0.3) is 0 Å². The summed E-state index contributed by atoms with van der Waals surface area (Å²) in [6.07, 6.45) is 4.16. The summed E-state index contributed by atoms with van der Waals surface area (Å²) >= 11 is 0. The molecule has 1 atom stereocenters.